The fraction of sp³-hybridized carbons (Fsp3) is 0.250. The van der Waals surface area contributed by atoms with Gasteiger partial charge in [0.25, 0.3) is 5.91 Å². The zero-order valence-electron chi connectivity index (χ0n) is 10.1. The van der Waals surface area contributed by atoms with Crippen molar-refractivity contribution in [2.75, 3.05) is 5.32 Å². The van der Waals surface area contributed by atoms with Gasteiger partial charge in [0.2, 0.25) is 5.95 Å². The van der Waals surface area contributed by atoms with Crippen LogP contribution in [0.2, 0.25) is 0 Å². The topological polar surface area (TPSA) is 59.8 Å². The van der Waals surface area contributed by atoms with Crippen molar-refractivity contribution >= 4 is 11.6 Å². The van der Waals surface area contributed by atoms with E-state index in [1.54, 1.807) is 10.9 Å². The maximum absolute atomic E-state index is 12.9. The van der Waals surface area contributed by atoms with Gasteiger partial charge in [-0.3, -0.25) is 9.48 Å². The molecule has 0 spiro atoms. The van der Waals surface area contributed by atoms with E-state index in [-0.39, 0.29) is 11.7 Å². The molecule has 0 bridgehead atoms. The second kappa shape index (κ2) is 4.95. The Hall–Kier alpha value is -2.24. The second-order valence-corrected chi connectivity index (χ2v) is 4.10. The number of carbonyl (C=O) groups is 1. The van der Waals surface area contributed by atoms with Crippen LogP contribution in [0, 0.1) is 5.95 Å². The molecular weight excluding hydrogens is 235 g/mol. The Morgan fingerprint density at radius 2 is 2.22 bits per heavy atom. The Morgan fingerprint density at radius 1 is 1.44 bits per heavy atom. The molecule has 0 aliphatic rings. The van der Waals surface area contributed by atoms with Gasteiger partial charge in [-0.25, -0.2) is 4.98 Å². The van der Waals surface area contributed by atoms with Gasteiger partial charge in [0.05, 0.1) is 11.9 Å². The lowest BCUT2D eigenvalue weighted by atomic mass is 10.3. The number of anilines is 1. The lowest BCUT2D eigenvalue weighted by Gasteiger charge is -2.04. The van der Waals surface area contributed by atoms with E-state index >= 15 is 0 Å². The van der Waals surface area contributed by atoms with Gasteiger partial charge in [0, 0.05) is 12.2 Å². The molecule has 6 heteroatoms. The van der Waals surface area contributed by atoms with E-state index < -0.39 is 11.9 Å². The fourth-order valence-corrected chi connectivity index (χ4v) is 1.41. The number of carbonyl (C=O) groups excluding carboxylic acids is 1. The lowest BCUT2D eigenvalue weighted by molar-refractivity contribution is 0.102. The van der Waals surface area contributed by atoms with Crippen molar-refractivity contribution in [1.82, 2.24) is 14.8 Å². The average molecular weight is 248 g/mol. The number of nitrogens with zero attached hydrogens (tertiary/aromatic N) is 3. The van der Waals surface area contributed by atoms with Gasteiger partial charge in [-0.15, -0.1) is 0 Å². The summed E-state index contributed by atoms with van der Waals surface area (Å²) in [5, 5.41) is 6.70. The van der Waals surface area contributed by atoms with Crippen LogP contribution in [0.15, 0.2) is 30.6 Å². The molecule has 0 saturated heterocycles. The monoisotopic (exact) mass is 248 g/mol. The molecule has 2 aromatic heterocycles. The molecule has 94 valence electrons. The van der Waals surface area contributed by atoms with Crippen molar-refractivity contribution in [3.8, 4) is 0 Å². The van der Waals surface area contributed by atoms with Gasteiger partial charge in [0.15, 0.2) is 0 Å². The van der Waals surface area contributed by atoms with Crippen LogP contribution < -0.4 is 5.32 Å². The summed E-state index contributed by atoms with van der Waals surface area (Å²) >= 11 is 0. The molecule has 5 nitrogen and oxygen atoms in total. The summed E-state index contributed by atoms with van der Waals surface area (Å²) in [6.07, 6.45) is 3.25. The molecule has 18 heavy (non-hydrogen) atoms. The number of aromatic nitrogens is 3. The minimum absolute atomic E-state index is 0.0345. The van der Waals surface area contributed by atoms with Crippen LogP contribution in [0.4, 0.5) is 10.1 Å². The maximum atomic E-state index is 12.9. The molecule has 0 radical (unpaired) electrons. The molecule has 0 unspecified atom stereocenters. The quantitative estimate of drug-likeness (QED) is 0.847. The standard InChI is InChI=1S/C12H13FN4O/c1-8(2)17-7-9(6-14-17)15-12(18)10-4-3-5-11(13)16-10/h3-8H,1-2H3,(H,15,18). The van der Waals surface area contributed by atoms with Gasteiger partial charge in [-0.1, -0.05) is 6.07 Å². The van der Waals surface area contributed by atoms with E-state index in [0.717, 1.165) is 0 Å². The molecule has 0 aromatic carbocycles. The first-order valence-electron chi connectivity index (χ1n) is 5.54. The summed E-state index contributed by atoms with van der Waals surface area (Å²) in [7, 11) is 0. The molecule has 2 rings (SSSR count). The molecule has 1 amide bonds. The number of hydrogen-bond donors (Lipinski definition) is 1. The summed E-state index contributed by atoms with van der Waals surface area (Å²) in [6, 6.07) is 4.29. The summed E-state index contributed by atoms with van der Waals surface area (Å²) in [4.78, 5) is 15.3. The van der Waals surface area contributed by atoms with Crippen molar-refractivity contribution in [2.45, 2.75) is 19.9 Å². The predicted octanol–water partition coefficient (Wildman–Crippen LogP) is 2.25. The van der Waals surface area contributed by atoms with Crippen LogP contribution in [-0.4, -0.2) is 20.7 Å². The number of halogens is 1. The van der Waals surface area contributed by atoms with E-state index in [0.29, 0.717) is 5.69 Å². The normalized spacial score (nSPS) is 10.7. The van der Waals surface area contributed by atoms with Crippen molar-refractivity contribution in [1.29, 1.82) is 0 Å². The van der Waals surface area contributed by atoms with E-state index in [1.165, 1.54) is 24.4 Å². The molecule has 0 aliphatic heterocycles. The van der Waals surface area contributed by atoms with Gasteiger partial charge in [-0.05, 0) is 26.0 Å². The van der Waals surface area contributed by atoms with Crippen molar-refractivity contribution in [2.24, 2.45) is 0 Å². The Kier molecular flexibility index (Phi) is 3.36. The lowest BCUT2D eigenvalue weighted by Crippen LogP contribution is -2.13. The predicted molar refractivity (Wildman–Crippen MR) is 64.8 cm³/mol. The maximum Gasteiger partial charge on any atom is 0.274 e. The highest BCUT2D eigenvalue weighted by Gasteiger charge is 2.10. The van der Waals surface area contributed by atoms with Crippen molar-refractivity contribution in [3.63, 3.8) is 0 Å². The number of amides is 1. The number of rotatable bonds is 3. The number of hydrogen-bond acceptors (Lipinski definition) is 3. The zero-order valence-corrected chi connectivity index (χ0v) is 10.1. The van der Waals surface area contributed by atoms with Crippen LogP contribution in [0.5, 0.6) is 0 Å². The first kappa shape index (κ1) is 12.2. The molecule has 0 fully saturated rings. The van der Waals surface area contributed by atoms with Gasteiger partial charge >= 0.3 is 0 Å². The minimum atomic E-state index is -0.680. The van der Waals surface area contributed by atoms with E-state index in [1.807, 2.05) is 13.8 Å². The average Bonchev–Trinajstić information content (AvgIpc) is 2.77. The highest BCUT2D eigenvalue weighted by molar-refractivity contribution is 6.02. The van der Waals surface area contributed by atoms with Crippen LogP contribution >= 0.6 is 0 Å². The highest BCUT2D eigenvalue weighted by atomic mass is 19.1. The first-order chi connectivity index (χ1) is 8.56. The van der Waals surface area contributed by atoms with Gasteiger partial charge in [-0.2, -0.15) is 9.49 Å². The minimum Gasteiger partial charge on any atom is -0.318 e. The molecular formula is C12H13FN4O. The smallest absolute Gasteiger partial charge is 0.274 e. The zero-order chi connectivity index (χ0) is 13.1. The Labute approximate surface area is 104 Å². The molecule has 0 saturated carbocycles. The van der Waals surface area contributed by atoms with Gasteiger partial charge in [0.1, 0.15) is 5.69 Å². The third-order valence-electron chi connectivity index (χ3n) is 2.34. The molecule has 0 atom stereocenters. The first-order valence-corrected chi connectivity index (χ1v) is 5.54. The van der Waals surface area contributed by atoms with Crippen molar-refractivity contribution in [3.05, 3.63) is 42.2 Å². The Bertz CT molecular complexity index is 565. The number of nitrogens with one attached hydrogen (secondary N) is 1. The van der Waals surface area contributed by atoms with E-state index in [9.17, 15) is 9.18 Å². The van der Waals surface area contributed by atoms with Crippen LogP contribution in [0.3, 0.4) is 0 Å². The van der Waals surface area contributed by atoms with E-state index in [4.69, 9.17) is 0 Å². The molecule has 2 heterocycles. The SMILES string of the molecule is CC(C)n1cc(NC(=O)c2cccc(F)n2)cn1. The van der Waals surface area contributed by atoms with E-state index in [2.05, 4.69) is 15.4 Å². The van der Waals surface area contributed by atoms with Gasteiger partial charge < -0.3 is 5.32 Å². The third kappa shape index (κ3) is 2.71. The Morgan fingerprint density at radius 3 is 2.83 bits per heavy atom. The Balaban J connectivity index is 2.11. The molecule has 1 N–H and O–H groups in total. The highest BCUT2D eigenvalue weighted by Crippen LogP contribution is 2.11. The fourth-order valence-electron chi connectivity index (χ4n) is 1.41. The third-order valence-corrected chi connectivity index (χ3v) is 2.34. The summed E-state index contributed by atoms with van der Waals surface area (Å²) in [5.74, 6) is -1.14. The summed E-state index contributed by atoms with van der Waals surface area (Å²) in [6.45, 7) is 3.96. The van der Waals surface area contributed by atoms with Crippen LogP contribution in [0.25, 0.3) is 0 Å². The summed E-state index contributed by atoms with van der Waals surface area (Å²) < 4.78 is 14.6. The largest absolute Gasteiger partial charge is 0.318 e. The second-order valence-electron chi connectivity index (χ2n) is 4.10. The number of pyridine rings is 1. The molecule has 0 aliphatic carbocycles. The summed E-state index contributed by atoms with van der Waals surface area (Å²) in [5.41, 5.74) is 0.590. The van der Waals surface area contributed by atoms with Crippen LogP contribution in [0.1, 0.15) is 30.4 Å². The molecule has 2 aromatic rings. The van der Waals surface area contributed by atoms with Crippen LogP contribution in [-0.2, 0) is 0 Å². The van der Waals surface area contributed by atoms with Crippen molar-refractivity contribution < 1.29 is 9.18 Å².